The van der Waals surface area contributed by atoms with Crippen LogP contribution in [0.25, 0.3) is 77.5 Å². The Morgan fingerprint density at radius 1 is 0.254 bits per heavy atom. The standard InChI is InChI=1S/C65H44N2/c1-3-15-43(16-4-1)44-33-37-51(38-34-44)66-63-28-14-26-60-64(63)54-23-10-12-25-58(54)65(60)57-24-11-9-22-53(57)56-42-49(35-39-59(56)65)45-29-31-46(32-30-45)50-36-40-62(55(41-50)48-17-5-2-6-18-48)67-61-27-13-20-47-19-7-8-21-52(47)61/h1-42,66-67H. The third-order valence-corrected chi connectivity index (χ3v) is 14.1. The number of hydrogen-bond donors (Lipinski definition) is 2. The minimum Gasteiger partial charge on any atom is -0.355 e. The first kappa shape index (κ1) is 38.7. The second kappa shape index (κ2) is 15.8. The van der Waals surface area contributed by atoms with Crippen molar-refractivity contribution in [3.8, 4) is 66.8 Å². The van der Waals surface area contributed by atoms with Crippen molar-refractivity contribution in [1.29, 1.82) is 0 Å². The van der Waals surface area contributed by atoms with Gasteiger partial charge in [-0.2, -0.15) is 0 Å². The fraction of sp³-hybridized carbons (Fsp3) is 0.0154. The summed E-state index contributed by atoms with van der Waals surface area (Å²) in [7, 11) is 0. The van der Waals surface area contributed by atoms with Gasteiger partial charge in [0.25, 0.3) is 0 Å². The summed E-state index contributed by atoms with van der Waals surface area (Å²) < 4.78 is 0. The first-order valence-electron chi connectivity index (χ1n) is 23.2. The van der Waals surface area contributed by atoms with Gasteiger partial charge in [-0.15, -0.1) is 0 Å². The molecule has 0 radical (unpaired) electrons. The van der Waals surface area contributed by atoms with E-state index in [0.29, 0.717) is 0 Å². The molecule has 0 saturated heterocycles. The highest BCUT2D eigenvalue weighted by molar-refractivity contribution is 6.01. The van der Waals surface area contributed by atoms with Crippen molar-refractivity contribution >= 4 is 33.5 Å². The van der Waals surface area contributed by atoms with Crippen LogP contribution in [0.4, 0.5) is 22.7 Å². The van der Waals surface area contributed by atoms with Gasteiger partial charge >= 0.3 is 0 Å². The summed E-state index contributed by atoms with van der Waals surface area (Å²) in [5.74, 6) is 0. The van der Waals surface area contributed by atoms with Crippen LogP contribution in [0.2, 0.25) is 0 Å². The van der Waals surface area contributed by atoms with Crippen LogP contribution in [-0.4, -0.2) is 0 Å². The number of fused-ring (bicyclic) bond motifs is 11. The molecule has 0 aromatic heterocycles. The fourth-order valence-electron chi connectivity index (χ4n) is 11.0. The maximum Gasteiger partial charge on any atom is 0.0726 e. The maximum absolute atomic E-state index is 3.85. The van der Waals surface area contributed by atoms with Crippen LogP contribution < -0.4 is 10.6 Å². The van der Waals surface area contributed by atoms with E-state index in [1.807, 2.05) is 0 Å². The third kappa shape index (κ3) is 6.33. The topological polar surface area (TPSA) is 24.1 Å². The van der Waals surface area contributed by atoms with Crippen LogP contribution in [0.15, 0.2) is 255 Å². The normalized spacial score (nSPS) is 14.0. The molecule has 0 amide bonds. The molecule has 11 aromatic rings. The van der Waals surface area contributed by atoms with E-state index in [2.05, 4.69) is 265 Å². The molecule has 314 valence electrons. The molecule has 0 fully saturated rings. The van der Waals surface area contributed by atoms with Crippen LogP contribution in [-0.2, 0) is 5.41 Å². The molecule has 1 unspecified atom stereocenters. The van der Waals surface area contributed by atoms with Crippen molar-refractivity contribution in [3.63, 3.8) is 0 Å². The van der Waals surface area contributed by atoms with E-state index >= 15 is 0 Å². The van der Waals surface area contributed by atoms with Crippen LogP contribution in [0.1, 0.15) is 22.3 Å². The van der Waals surface area contributed by atoms with Crippen molar-refractivity contribution in [3.05, 3.63) is 277 Å². The average Bonchev–Trinajstić information content (AvgIpc) is 3.87. The van der Waals surface area contributed by atoms with Gasteiger partial charge in [-0.25, -0.2) is 0 Å². The predicted octanol–water partition coefficient (Wildman–Crippen LogP) is 17.3. The molecule has 0 aliphatic heterocycles. The zero-order valence-corrected chi connectivity index (χ0v) is 36.7. The number of rotatable bonds is 8. The molecule has 2 nitrogen and oxygen atoms in total. The highest BCUT2D eigenvalue weighted by Gasteiger charge is 2.52. The Labute approximate surface area is 391 Å². The molecule has 1 atom stereocenters. The lowest BCUT2D eigenvalue weighted by Crippen LogP contribution is -2.25. The first-order valence-corrected chi connectivity index (χ1v) is 23.2. The minimum absolute atomic E-state index is 0.444. The Kier molecular flexibility index (Phi) is 9.11. The first-order chi connectivity index (χ1) is 33.2. The zero-order valence-electron chi connectivity index (χ0n) is 36.7. The Balaban J connectivity index is 0.859. The molecule has 0 bridgehead atoms. The van der Waals surface area contributed by atoms with E-state index in [9.17, 15) is 0 Å². The minimum atomic E-state index is -0.444. The van der Waals surface area contributed by atoms with Crippen molar-refractivity contribution in [2.45, 2.75) is 5.41 Å². The molecule has 67 heavy (non-hydrogen) atoms. The Hall–Kier alpha value is -8.72. The number of nitrogens with one attached hydrogen (secondary N) is 2. The van der Waals surface area contributed by atoms with E-state index in [1.165, 1.54) is 94.2 Å². The summed E-state index contributed by atoms with van der Waals surface area (Å²) in [6.45, 7) is 0. The van der Waals surface area contributed by atoms with E-state index in [4.69, 9.17) is 0 Å². The molecule has 1 spiro atoms. The molecule has 2 aliphatic rings. The Morgan fingerprint density at radius 2 is 0.746 bits per heavy atom. The van der Waals surface area contributed by atoms with Gasteiger partial charge in [-0.05, 0) is 126 Å². The van der Waals surface area contributed by atoms with Gasteiger partial charge in [-0.1, -0.05) is 212 Å². The van der Waals surface area contributed by atoms with Gasteiger partial charge in [0, 0.05) is 39.3 Å². The second-order valence-electron chi connectivity index (χ2n) is 17.8. The summed E-state index contributed by atoms with van der Waals surface area (Å²) in [5.41, 5.74) is 23.9. The van der Waals surface area contributed by atoms with Crippen molar-refractivity contribution in [2.75, 3.05) is 10.6 Å². The van der Waals surface area contributed by atoms with Crippen LogP contribution in [0.5, 0.6) is 0 Å². The van der Waals surface area contributed by atoms with E-state index in [1.54, 1.807) is 0 Å². The number of anilines is 4. The molecule has 11 aromatic carbocycles. The van der Waals surface area contributed by atoms with Crippen LogP contribution >= 0.6 is 0 Å². The molecular formula is C65H44N2. The van der Waals surface area contributed by atoms with Gasteiger partial charge < -0.3 is 10.6 Å². The quantitative estimate of drug-likeness (QED) is 0.159. The molecule has 2 aliphatic carbocycles. The third-order valence-electron chi connectivity index (χ3n) is 14.1. The number of benzene rings is 11. The van der Waals surface area contributed by atoms with Gasteiger partial charge in [0.1, 0.15) is 0 Å². The number of hydrogen-bond acceptors (Lipinski definition) is 2. The van der Waals surface area contributed by atoms with E-state index in [0.717, 1.165) is 28.3 Å². The molecule has 13 rings (SSSR count). The summed E-state index contributed by atoms with van der Waals surface area (Å²) in [5, 5.41) is 10.1. The van der Waals surface area contributed by atoms with Crippen molar-refractivity contribution in [2.24, 2.45) is 0 Å². The van der Waals surface area contributed by atoms with Gasteiger partial charge in [0.05, 0.1) is 5.41 Å². The second-order valence-corrected chi connectivity index (χ2v) is 17.8. The monoisotopic (exact) mass is 852 g/mol. The molecule has 0 heterocycles. The Bertz CT molecular complexity index is 3660. The summed E-state index contributed by atoms with van der Waals surface area (Å²) in [6.07, 6.45) is 0. The summed E-state index contributed by atoms with van der Waals surface area (Å²) in [4.78, 5) is 0. The zero-order chi connectivity index (χ0) is 44.3. The maximum atomic E-state index is 3.85. The van der Waals surface area contributed by atoms with Gasteiger partial charge in [0.15, 0.2) is 0 Å². The van der Waals surface area contributed by atoms with E-state index in [-0.39, 0.29) is 0 Å². The van der Waals surface area contributed by atoms with Crippen LogP contribution in [0.3, 0.4) is 0 Å². The Morgan fingerprint density at radius 3 is 1.51 bits per heavy atom. The predicted molar refractivity (Wildman–Crippen MR) is 281 cm³/mol. The summed E-state index contributed by atoms with van der Waals surface area (Å²) >= 11 is 0. The molecule has 2 N–H and O–H groups in total. The summed E-state index contributed by atoms with van der Waals surface area (Å²) in [6, 6.07) is 93.0. The largest absolute Gasteiger partial charge is 0.355 e. The SMILES string of the molecule is c1ccc(-c2ccc(Nc3cccc4c3-c3ccccc3C43c4ccccc4-c4cc(-c5ccc(-c6ccc(Nc7cccc8ccccc78)c(-c7ccccc7)c6)cc5)ccc43)cc2)cc1. The fourth-order valence-corrected chi connectivity index (χ4v) is 11.0. The van der Waals surface area contributed by atoms with Crippen LogP contribution in [0, 0.1) is 0 Å². The smallest absolute Gasteiger partial charge is 0.0726 e. The molecule has 2 heteroatoms. The lowest BCUT2D eigenvalue weighted by atomic mass is 9.70. The van der Waals surface area contributed by atoms with Gasteiger partial charge in [-0.3, -0.25) is 0 Å². The van der Waals surface area contributed by atoms with Crippen molar-refractivity contribution in [1.82, 2.24) is 0 Å². The van der Waals surface area contributed by atoms with Gasteiger partial charge in [0.2, 0.25) is 0 Å². The lowest BCUT2D eigenvalue weighted by Gasteiger charge is -2.30. The lowest BCUT2D eigenvalue weighted by molar-refractivity contribution is 0.794. The van der Waals surface area contributed by atoms with E-state index < -0.39 is 5.41 Å². The molecular weight excluding hydrogens is 809 g/mol. The molecule has 0 saturated carbocycles. The highest BCUT2D eigenvalue weighted by Crippen LogP contribution is 2.64. The highest BCUT2D eigenvalue weighted by atomic mass is 14.9. The van der Waals surface area contributed by atoms with Crippen molar-refractivity contribution < 1.29 is 0 Å². The average molecular weight is 853 g/mol.